The third kappa shape index (κ3) is 3.86. The molecular formula is C12H15Cl2NO2. The Labute approximate surface area is 111 Å². The number of nitro groups is 1. The molecular weight excluding hydrogens is 261 g/mol. The van der Waals surface area contributed by atoms with Gasteiger partial charge in [-0.2, -0.15) is 0 Å². The Morgan fingerprint density at radius 3 is 2.65 bits per heavy atom. The molecule has 1 aromatic carbocycles. The summed E-state index contributed by atoms with van der Waals surface area (Å²) in [4.78, 5) is 10.2. The lowest BCUT2D eigenvalue weighted by Crippen LogP contribution is -2.05. The number of hydrogen-bond donors (Lipinski definition) is 0. The number of nitrogens with zero attached hydrogens (tertiary/aromatic N) is 1. The minimum absolute atomic E-state index is 0.0467. The van der Waals surface area contributed by atoms with Gasteiger partial charge in [0.1, 0.15) is 5.02 Å². The van der Waals surface area contributed by atoms with Gasteiger partial charge in [0, 0.05) is 11.4 Å². The first-order valence-corrected chi connectivity index (χ1v) is 6.34. The zero-order valence-corrected chi connectivity index (χ0v) is 11.4. The quantitative estimate of drug-likeness (QED) is 0.451. The highest BCUT2D eigenvalue weighted by Gasteiger charge is 2.16. The fourth-order valence-electron chi connectivity index (χ4n) is 1.72. The molecule has 0 radical (unpaired) electrons. The van der Waals surface area contributed by atoms with Crippen LogP contribution in [0.25, 0.3) is 0 Å². The summed E-state index contributed by atoms with van der Waals surface area (Å²) in [6, 6.07) is 3.16. The summed E-state index contributed by atoms with van der Waals surface area (Å²) < 4.78 is 0. The highest BCUT2D eigenvalue weighted by atomic mass is 35.5. The van der Waals surface area contributed by atoms with Crippen molar-refractivity contribution in [1.29, 1.82) is 0 Å². The Morgan fingerprint density at radius 1 is 1.47 bits per heavy atom. The molecule has 0 bridgehead atoms. The van der Waals surface area contributed by atoms with Crippen LogP contribution in [0.4, 0.5) is 5.69 Å². The monoisotopic (exact) mass is 275 g/mol. The van der Waals surface area contributed by atoms with Crippen LogP contribution in [0, 0.1) is 17.0 Å². The maximum absolute atomic E-state index is 10.7. The molecule has 0 aliphatic carbocycles. The number of aryl methyl sites for hydroxylation is 1. The first-order valence-electron chi connectivity index (χ1n) is 5.53. The Morgan fingerprint density at radius 2 is 2.12 bits per heavy atom. The van der Waals surface area contributed by atoms with Crippen molar-refractivity contribution in [2.24, 2.45) is 0 Å². The summed E-state index contributed by atoms with van der Waals surface area (Å²) in [7, 11) is 0. The lowest BCUT2D eigenvalue weighted by Gasteiger charge is -2.11. The van der Waals surface area contributed by atoms with Crippen LogP contribution in [0.2, 0.25) is 5.02 Å². The van der Waals surface area contributed by atoms with Gasteiger partial charge in [0.15, 0.2) is 0 Å². The van der Waals surface area contributed by atoms with Crippen LogP contribution >= 0.6 is 23.2 Å². The zero-order chi connectivity index (χ0) is 13.0. The molecule has 5 heteroatoms. The van der Waals surface area contributed by atoms with Gasteiger partial charge in [-0.15, -0.1) is 11.6 Å². The minimum atomic E-state index is -0.469. The summed E-state index contributed by atoms with van der Waals surface area (Å²) in [6.07, 6.45) is 2.64. The smallest absolute Gasteiger partial charge is 0.258 e. The molecule has 0 aliphatic heterocycles. The van der Waals surface area contributed by atoms with Gasteiger partial charge in [0.05, 0.1) is 4.92 Å². The van der Waals surface area contributed by atoms with Crippen molar-refractivity contribution in [2.75, 3.05) is 0 Å². The fraction of sp³-hybridized carbons (Fsp3) is 0.500. The van der Waals surface area contributed by atoms with Crippen LogP contribution < -0.4 is 0 Å². The van der Waals surface area contributed by atoms with Crippen LogP contribution in [-0.2, 0) is 6.42 Å². The highest BCUT2D eigenvalue weighted by Crippen LogP contribution is 2.29. The van der Waals surface area contributed by atoms with Crippen LogP contribution in [-0.4, -0.2) is 10.3 Å². The van der Waals surface area contributed by atoms with Crippen LogP contribution in [0.15, 0.2) is 12.1 Å². The van der Waals surface area contributed by atoms with Gasteiger partial charge in [-0.3, -0.25) is 10.1 Å². The zero-order valence-electron chi connectivity index (χ0n) is 9.87. The number of nitro benzene ring substituents is 1. The third-order valence-corrected chi connectivity index (χ3v) is 3.32. The summed E-state index contributed by atoms with van der Waals surface area (Å²) in [6.45, 7) is 3.92. The molecule has 1 rings (SSSR count). The van der Waals surface area contributed by atoms with Crippen molar-refractivity contribution >= 4 is 28.9 Å². The van der Waals surface area contributed by atoms with Crippen molar-refractivity contribution < 1.29 is 4.92 Å². The number of benzene rings is 1. The largest absolute Gasteiger partial charge is 0.288 e. The topological polar surface area (TPSA) is 43.1 Å². The van der Waals surface area contributed by atoms with Crippen molar-refractivity contribution in [3.63, 3.8) is 0 Å². The molecule has 0 amide bonds. The standard InChI is InChI=1S/C12H15Cl2NO2/c1-3-4-10(13)6-9-7-11(14)12(15(16)17)5-8(9)2/h5,7,10H,3-4,6H2,1-2H3. The molecule has 0 spiro atoms. The Kier molecular flexibility index (Phi) is 5.22. The third-order valence-electron chi connectivity index (χ3n) is 2.65. The fourth-order valence-corrected chi connectivity index (χ4v) is 2.36. The molecule has 0 aromatic heterocycles. The van der Waals surface area contributed by atoms with Gasteiger partial charge in [-0.1, -0.05) is 24.9 Å². The Balaban J connectivity index is 2.95. The van der Waals surface area contributed by atoms with E-state index in [2.05, 4.69) is 6.92 Å². The van der Waals surface area contributed by atoms with E-state index < -0.39 is 4.92 Å². The number of alkyl halides is 1. The van der Waals surface area contributed by atoms with E-state index in [1.54, 1.807) is 6.07 Å². The second-order valence-corrected chi connectivity index (χ2v) is 5.10. The van der Waals surface area contributed by atoms with Gasteiger partial charge in [-0.05, 0) is 37.0 Å². The molecule has 0 saturated carbocycles. The van der Waals surface area contributed by atoms with Crippen molar-refractivity contribution in [2.45, 2.75) is 38.5 Å². The van der Waals surface area contributed by atoms with E-state index in [1.807, 2.05) is 6.92 Å². The summed E-state index contributed by atoms with van der Waals surface area (Å²) in [5.41, 5.74) is 1.80. The van der Waals surface area contributed by atoms with Gasteiger partial charge in [0.25, 0.3) is 5.69 Å². The summed E-state index contributed by atoms with van der Waals surface area (Å²) in [5.74, 6) is 0. The van der Waals surface area contributed by atoms with Crippen LogP contribution in [0.3, 0.4) is 0 Å². The van der Waals surface area contributed by atoms with E-state index in [-0.39, 0.29) is 16.1 Å². The van der Waals surface area contributed by atoms with E-state index in [9.17, 15) is 10.1 Å². The van der Waals surface area contributed by atoms with E-state index in [1.165, 1.54) is 6.07 Å². The van der Waals surface area contributed by atoms with E-state index >= 15 is 0 Å². The SMILES string of the molecule is CCCC(Cl)Cc1cc(Cl)c([N+](=O)[O-])cc1C. The molecule has 0 aliphatic rings. The molecule has 0 saturated heterocycles. The van der Waals surface area contributed by atoms with Crippen LogP contribution in [0.1, 0.15) is 30.9 Å². The van der Waals surface area contributed by atoms with Gasteiger partial charge >= 0.3 is 0 Å². The molecule has 3 nitrogen and oxygen atoms in total. The molecule has 0 heterocycles. The number of rotatable bonds is 5. The van der Waals surface area contributed by atoms with Gasteiger partial charge in [0.2, 0.25) is 0 Å². The van der Waals surface area contributed by atoms with Crippen molar-refractivity contribution in [1.82, 2.24) is 0 Å². The number of halogens is 2. The van der Waals surface area contributed by atoms with Crippen molar-refractivity contribution in [3.8, 4) is 0 Å². The predicted octanol–water partition coefficient (Wildman–Crippen LogP) is 4.51. The minimum Gasteiger partial charge on any atom is -0.258 e. The van der Waals surface area contributed by atoms with E-state index in [4.69, 9.17) is 23.2 Å². The van der Waals surface area contributed by atoms with E-state index in [0.717, 1.165) is 24.0 Å². The molecule has 94 valence electrons. The predicted molar refractivity (Wildman–Crippen MR) is 71.1 cm³/mol. The first-order chi connectivity index (χ1) is 7.95. The molecule has 17 heavy (non-hydrogen) atoms. The normalized spacial score (nSPS) is 12.5. The molecule has 0 N–H and O–H groups in total. The molecule has 1 atom stereocenters. The molecule has 0 fully saturated rings. The highest BCUT2D eigenvalue weighted by molar-refractivity contribution is 6.32. The molecule has 1 unspecified atom stereocenters. The van der Waals surface area contributed by atoms with Crippen LogP contribution in [0.5, 0.6) is 0 Å². The summed E-state index contributed by atoms with van der Waals surface area (Å²) >= 11 is 12.0. The van der Waals surface area contributed by atoms with Gasteiger partial charge < -0.3 is 0 Å². The maximum atomic E-state index is 10.7. The molecule has 1 aromatic rings. The lowest BCUT2D eigenvalue weighted by molar-refractivity contribution is -0.384. The Hall–Kier alpha value is -0.800. The van der Waals surface area contributed by atoms with Gasteiger partial charge in [-0.25, -0.2) is 0 Å². The summed E-state index contributed by atoms with van der Waals surface area (Å²) in [5, 5.41) is 10.9. The van der Waals surface area contributed by atoms with E-state index in [0.29, 0.717) is 6.42 Å². The average Bonchev–Trinajstić information content (AvgIpc) is 2.22. The number of hydrogen-bond acceptors (Lipinski definition) is 2. The second-order valence-electron chi connectivity index (χ2n) is 4.08. The second kappa shape index (κ2) is 6.22. The Bertz CT molecular complexity index is 421. The first kappa shape index (κ1) is 14.3. The lowest BCUT2D eigenvalue weighted by atomic mass is 10.0. The average molecular weight is 276 g/mol. The maximum Gasteiger partial charge on any atom is 0.288 e. The van der Waals surface area contributed by atoms with Crippen molar-refractivity contribution in [3.05, 3.63) is 38.4 Å².